The summed E-state index contributed by atoms with van der Waals surface area (Å²) in [5, 5.41) is 0. The van der Waals surface area contributed by atoms with E-state index in [2.05, 4.69) is 11.6 Å². The lowest BCUT2D eigenvalue weighted by Crippen LogP contribution is -2.02. The second-order valence-corrected chi connectivity index (χ2v) is 2.71. The van der Waals surface area contributed by atoms with Gasteiger partial charge in [0.1, 0.15) is 7.85 Å². The molecule has 1 amide bonds. The zero-order valence-corrected chi connectivity index (χ0v) is 7.53. The van der Waals surface area contributed by atoms with Crippen molar-refractivity contribution in [3.8, 4) is 0 Å². The lowest BCUT2D eigenvalue weighted by atomic mass is 9.95. The van der Waals surface area contributed by atoms with Crippen LogP contribution in [0.15, 0.2) is 41.9 Å². The van der Waals surface area contributed by atoms with Crippen molar-refractivity contribution in [1.29, 1.82) is 0 Å². The molecule has 13 heavy (non-hydrogen) atoms. The van der Waals surface area contributed by atoms with Crippen LogP contribution in [0, 0.1) is 0 Å². The Kier molecular flexibility index (Phi) is 3.20. The lowest BCUT2D eigenvalue weighted by molar-refractivity contribution is -0.113. The van der Waals surface area contributed by atoms with Crippen molar-refractivity contribution in [2.45, 2.75) is 0 Å². The molecule has 0 heterocycles. The Morgan fingerprint density at radius 1 is 1.54 bits per heavy atom. The van der Waals surface area contributed by atoms with Crippen molar-refractivity contribution in [2.24, 2.45) is 4.99 Å². The fourth-order valence-corrected chi connectivity index (χ4v) is 0.941. The fraction of sp³-hybridized carbons (Fsp3) is 0. The third-order valence-corrected chi connectivity index (χ3v) is 1.56. The Morgan fingerprint density at radius 2 is 2.31 bits per heavy atom. The van der Waals surface area contributed by atoms with Crippen LogP contribution in [0.3, 0.4) is 0 Å². The van der Waals surface area contributed by atoms with Crippen LogP contribution in [-0.4, -0.2) is 20.0 Å². The van der Waals surface area contributed by atoms with Gasteiger partial charge in [-0.05, 0) is 11.6 Å². The lowest BCUT2D eigenvalue weighted by Gasteiger charge is -1.93. The zero-order valence-electron chi connectivity index (χ0n) is 7.53. The van der Waals surface area contributed by atoms with E-state index in [9.17, 15) is 4.79 Å². The van der Waals surface area contributed by atoms with Gasteiger partial charge in [0.25, 0.3) is 5.91 Å². The maximum atomic E-state index is 10.8. The molecule has 1 rings (SSSR count). The number of carbonyl (C=O) groups is 1. The Labute approximate surface area is 78.4 Å². The summed E-state index contributed by atoms with van der Waals surface area (Å²) in [4.78, 5) is 14.4. The Bertz CT molecular complexity index is 358. The second kappa shape index (κ2) is 4.41. The number of nitrogens with zero attached hydrogens (tertiary/aromatic N) is 1. The molecule has 0 aromatic heterocycles. The first kappa shape index (κ1) is 9.45. The van der Waals surface area contributed by atoms with Crippen molar-refractivity contribution < 1.29 is 4.79 Å². The van der Waals surface area contributed by atoms with E-state index in [1.165, 1.54) is 12.3 Å². The minimum absolute atomic E-state index is 0.318. The summed E-state index contributed by atoms with van der Waals surface area (Å²) in [6.45, 7) is 3.33. The van der Waals surface area contributed by atoms with E-state index in [0.29, 0.717) is 0 Å². The minimum atomic E-state index is -0.318. The molecule has 0 saturated carbocycles. The molecule has 1 aromatic rings. The van der Waals surface area contributed by atoms with Crippen LogP contribution in [0.5, 0.6) is 0 Å². The molecule has 2 nitrogen and oxygen atoms in total. The predicted octanol–water partition coefficient (Wildman–Crippen LogP) is 0.0765. The summed E-state index contributed by atoms with van der Waals surface area (Å²) in [6, 6.07) is 7.77. The van der Waals surface area contributed by atoms with Crippen LogP contribution >= 0.6 is 0 Å². The first-order valence-corrected chi connectivity index (χ1v) is 3.99. The smallest absolute Gasteiger partial charge is 0.268 e. The molecule has 0 bridgehead atoms. The van der Waals surface area contributed by atoms with Crippen molar-refractivity contribution in [3.63, 3.8) is 0 Å². The fourth-order valence-electron chi connectivity index (χ4n) is 0.941. The largest absolute Gasteiger partial charge is 0.269 e. The monoisotopic (exact) mass is 171 g/mol. The van der Waals surface area contributed by atoms with Gasteiger partial charge in [-0.1, -0.05) is 36.3 Å². The van der Waals surface area contributed by atoms with E-state index in [1.807, 2.05) is 32.1 Å². The van der Waals surface area contributed by atoms with E-state index in [0.717, 1.165) is 11.0 Å². The van der Waals surface area contributed by atoms with Gasteiger partial charge in [0.05, 0.1) is 0 Å². The van der Waals surface area contributed by atoms with Gasteiger partial charge in [-0.25, -0.2) is 4.99 Å². The molecule has 0 atom stereocenters. The molecule has 0 aliphatic carbocycles. The number of hydrogen-bond acceptors (Lipinski definition) is 1. The van der Waals surface area contributed by atoms with Gasteiger partial charge in [0.2, 0.25) is 0 Å². The van der Waals surface area contributed by atoms with E-state index in [4.69, 9.17) is 0 Å². The highest BCUT2D eigenvalue weighted by molar-refractivity contribution is 6.32. The number of benzene rings is 1. The SMILES string of the molecule is Bc1cccc(/C=N/C(=O)C=C)c1. The van der Waals surface area contributed by atoms with E-state index < -0.39 is 0 Å². The van der Waals surface area contributed by atoms with Crippen molar-refractivity contribution in [2.75, 3.05) is 0 Å². The summed E-state index contributed by atoms with van der Waals surface area (Å²) in [7, 11) is 1.99. The Morgan fingerprint density at radius 3 is 2.92 bits per heavy atom. The third kappa shape index (κ3) is 3.07. The summed E-state index contributed by atoms with van der Waals surface area (Å²) in [5.41, 5.74) is 2.07. The van der Waals surface area contributed by atoms with Crippen molar-refractivity contribution in [3.05, 3.63) is 42.5 Å². The van der Waals surface area contributed by atoms with Crippen LogP contribution < -0.4 is 5.46 Å². The molecule has 3 heteroatoms. The standard InChI is InChI=1S/C10H10BNO/c1-2-10(13)12-7-8-4-3-5-9(11)6-8/h2-7H,1,11H2/b12-7+. The van der Waals surface area contributed by atoms with Crippen LogP contribution in [0.1, 0.15) is 5.56 Å². The summed E-state index contributed by atoms with van der Waals surface area (Å²) < 4.78 is 0. The quantitative estimate of drug-likeness (QED) is 0.352. The van der Waals surface area contributed by atoms with Gasteiger partial charge in [0, 0.05) is 6.21 Å². The molecule has 0 fully saturated rings. The van der Waals surface area contributed by atoms with Gasteiger partial charge in [-0.3, -0.25) is 4.79 Å². The van der Waals surface area contributed by atoms with E-state index >= 15 is 0 Å². The Balaban J connectivity index is 2.79. The molecule has 0 aliphatic rings. The first-order valence-electron chi connectivity index (χ1n) is 3.99. The van der Waals surface area contributed by atoms with Crippen LogP contribution in [0.2, 0.25) is 0 Å². The number of hydrogen-bond donors (Lipinski definition) is 0. The summed E-state index contributed by atoms with van der Waals surface area (Å²) in [6.07, 6.45) is 2.73. The van der Waals surface area contributed by atoms with Gasteiger partial charge in [-0.2, -0.15) is 0 Å². The highest BCUT2D eigenvalue weighted by Crippen LogP contribution is 1.91. The number of carbonyl (C=O) groups excluding carboxylic acids is 1. The van der Waals surface area contributed by atoms with Crippen LogP contribution in [0.4, 0.5) is 0 Å². The maximum absolute atomic E-state index is 10.8. The highest BCUT2D eigenvalue weighted by atomic mass is 16.1. The second-order valence-electron chi connectivity index (χ2n) is 2.71. The molecule has 1 aromatic carbocycles. The summed E-state index contributed by atoms with van der Waals surface area (Å²) >= 11 is 0. The van der Waals surface area contributed by atoms with Crippen LogP contribution in [0.25, 0.3) is 0 Å². The van der Waals surface area contributed by atoms with Crippen molar-refractivity contribution in [1.82, 2.24) is 0 Å². The summed E-state index contributed by atoms with van der Waals surface area (Å²) in [5.74, 6) is -0.318. The number of amides is 1. The van der Waals surface area contributed by atoms with E-state index in [-0.39, 0.29) is 5.91 Å². The maximum Gasteiger partial charge on any atom is 0.269 e. The van der Waals surface area contributed by atoms with Gasteiger partial charge >= 0.3 is 0 Å². The van der Waals surface area contributed by atoms with E-state index in [1.54, 1.807) is 0 Å². The van der Waals surface area contributed by atoms with Gasteiger partial charge in [-0.15, -0.1) is 0 Å². The Hall–Kier alpha value is -1.64. The van der Waals surface area contributed by atoms with Gasteiger partial charge < -0.3 is 0 Å². The highest BCUT2D eigenvalue weighted by Gasteiger charge is 1.89. The molecule has 0 saturated heterocycles. The average Bonchev–Trinajstić information content (AvgIpc) is 2.14. The third-order valence-electron chi connectivity index (χ3n) is 1.56. The molecule has 0 spiro atoms. The predicted molar refractivity (Wildman–Crippen MR) is 57.4 cm³/mol. The molecule has 0 radical (unpaired) electrons. The van der Waals surface area contributed by atoms with Gasteiger partial charge in [0.15, 0.2) is 0 Å². The number of aliphatic imine (C=N–C) groups is 1. The molecule has 64 valence electrons. The normalized spacial score (nSPS) is 10.2. The topological polar surface area (TPSA) is 29.4 Å². The molecule has 0 unspecified atom stereocenters. The zero-order chi connectivity index (χ0) is 9.68. The minimum Gasteiger partial charge on any atom is -0.268 e. The van der Waals surface area contributed by atoms with Crippen LogP contribution in [-0.2, 0) is 4.79 Å². The average molecular weight is 171 g/mol. The molecule has 0 aliphatic heterocycles. The number of rotatable bonds is 2. The molecular weight excluding hydrogens is 161 g/mol. The molecular formula is C10H10BNO. The molecule has 0 N–H and O–H groups in total. The first-order chi connectivity index (χ1) is 6.22. The van der Waals surface area contributed by atoms with Crippen molar-refractivity contribution >= 4 is 25.4 Å².